The van der Waals surface area contributed by atoms with E-state index in [9.17, 15) is 5.11 Å². The summed E-state index contributed by atoms with van der Waals surface area (Å²) in [6.07, 6.45) is 1.63. The van der Waals surface area contributed by atoms with Gasteiger partial charge in [0.25, 0.3) is 0 Å². The first-order valence-corrected chi connectivity index (χ1v) is 6.37. The van der Waals surface area contributed by atoms with Crippen molar-refractivity contribution < 1.29 is 33.7 Å². The van der Waals surface area contributed by atoms with Gasteiger partial charge in [-0.2, -0.15) is 0 Å². The van der Waals surface area contributed by atoms with Gasteiger partial charge in [-0.25, -0.2) is 0 Å². The number of rotatable bonds is 6. The summed E-state index contributed by atoms with van der Waals surface area (Å²) in [4.78, 5) is 4.11. The molecule has 6 nitrogen and oxygen atoms in total. The third kappa shape index (κ3) is 8.89. The molecule has 1 aromatic rings. The van der Waals surface area contributed by atoms with E-state index in [1.54, 1.807) is 24.4 Å². The Balaban J connectivity index is 0.000000873. The second-order valence-corrected chi connectivity index (χ2v) is 3.30. The fraction of sp³-hybridized carbons (Fsp3) is 0.364. The summed E-state index contributed by atoms with van der Waals surface area (Å²) in [6, 6.07) is 7.03. The third-order valence-corrected chi connectivity index (χ3v) is 1.81. The van der Waals surface area contributed by atoms with Crippen LogP contribution in [0.25, 0.3) is 5.32 Å². The van der Waals surface area contributed by atoms with Gasteiger partial charge in [0.15, 0.2) is 0 Å². The van der Waals surface area contributed by atoms with Crippen LogP contribution in [0.15, 0.2) is 29.3 Å². The van der Waals surface area contributed by atoms with Crippen LogP contribution in [0, 0.1) is 0 Å². The van der Waals surface area contributed by atoms with Crippen LogP contribution in [0.2, 0.25) is 0 Å². The summed E-state index contributed by atoms with van der Waals surface area (Å²) in [5.74, 6) is 0.230. The molecule has 0 bridgehead atoms. The van der Waals surface area contributed by atoms with Crippen molar-refractivity contribution >= 4 is 6.21 Å². The molecule has 2 N–H and O–H groups in total. The van der Waals surface area contributed by atoms with Crippen molar-refractivity contribution in [3.05, 3.63) is 35.1 Å². The Labute approximate surface area is 112 Å². The van der Waals surface area contributed by atoms with E-state index in [4.69, 9.17) is 12.5 Å². The molecule has 0 aliphatic heterocycles. The van der Waals surface area contributed by atoms with E-state index in [0.29, 0.717) is 25.2 Å². The van der Waals surface area contributed by atoms with E-state index in [1.165, 1.54) is 0 Å². The molecule has 7 heteroatoms. The number of phenols is 1. The number of aromatic hydroxyl groups is 1. The summed E-state index contributed by atoms with van der Waals surface area (Å²) in [7, 11) is 0. The predicted octanol–water partition coefficient (Wildman–Crippen LogP) is 0.937. The van der Waals surface area contributed by atoms with Crippen molar-refractivity contribution in [3.8, 4) is 5.75 Å². The monoisotopic (exact) mass is 290 g/mol. The van der Waals surface area contributed by atoms with Crippen LogP contribution >= 0.6 is 0 Å². The first-order valence-electron chi connectivity index (χ1n) is 5.23. The Morgan fingerprint density at radius 2 is 1.94 bits per heavy atom. The molecule has 18 heavy (non-hydrogen) atoms. The molecule has 0 spiro atoms. The molecule has 0 unspecified atom stereocenters. The zero-order valence-corrected chi connectivity index (χ0v) is 11.2. The van der Waals surface area contributed by atoms with Crippen molar-refractivity contribution in [2.45, 2.75) is 0 Å². The fourth-order valence-electron chi connectivity index (χ4n) is 1.07. The average molecular weight is 290 g/mol. The van der Waals surface area contributed by atoms with Crippen LogP contribution < -0.4 is 0 Å². The molecular formula is C11H15N2O4V-. The second-order valence-electron chi connectivity index (χ2n) is 3.06. The van der Waals surface area contributed by atoms with Crippen molar-refractivity contribution in [1.82, 2.24) is 0 Å². The molecule has 0 aliphatic rings. The second kappa shape index (κ2) is 12.3. The summed E-state index contributed by atoms with van der Waals surface area (Å²) in [5, 5.41) is 21.9. The quantitative estimate of drug-likeness (QED) is 0.601. The molecule has 0 saturated heterocycles. The first-order chi connectivity index (χ1) is 8.76. The Morgan fingerprint density at radius 1 is 1.28 bits per heavy atom. The Hall–Kier alpha value is -1.21. The molecule has 0 fully saturated rings. The van der Waals surface area contributed by atoms with Crippen LogP contribution in [0.1, 0.15) is 5.56 Å². The number of hydrogen-bond acceptors (Lipinski definition) is 5. The van der Waals surface area contributed by atoms with Crippen LogP contribution in [0.5, 0.6) is 5.75 Å². The topological polar surface area (TPSA) is 101 Å². The van der Waals surface area contributed by atoms with Gasteiger partial charge in [0.05, 0.1) is 0 Å². The van der Waals surface area contributed by atoms with Gasteiger partial charge in [0, 0.05) is 24.9 Å². The Bertz CT molecular complexity index is 392. The normalized spacial score (nSPS) is 9.61. The molecule has 0 heterocycles. The first kappa shape index (κ1) is 16.8. The van der Waals surface area contributed by atoms with Crippen molar-refractivity contribution in [1.29, 1.82) is 0 Å². The summed E-state index contributed by atoms with van der Waals surface area (Å²) in [5.41, 5.74) is 0.708. The number of aliphatic imine (C=N–C) groups is 1. The molecule has 0 amide bonds. The zero-order valence-electron chi connectivity index (χ0n) is 9.77. The number of phenolic OH excluding ortho intramolecular Hbond substituents is 1. The number of hydrogen-bond donors (Lipinski definition) is 2. The molecule has 1 rings (SSSR count). The fourth-order valence-corrected chi connectivity index (χ4v) is 1.07. The minimum atomic E-state index is -1.81. The molecule has 99 valence electrons. The molecule has 0 saturated carbocycles. The van der Waals surface area contributed by atoms with Crippen molar-refractivity contribution in [3.63, 3.8) is 0 Å². The van der Waals surface area contributed by atoms with Gasteiger partial charge in [-0.15, -0.1) is 13.1 Å². The Kier molecular flexibility index (Phi) is 11.4. The number of aliphatic hydroxyl groups is 1. The van der Waals surface area contributed by atoms with Gasteiger partial charge in [0.1, 0.15) is 5.75 Å². The van der Waals surface area contributed by atoms with Gasteiger partial charge in [-0.1, -0.05) is 12.1 Å². The molecule has 0 aliphatic carbocycles. The molecule has 1 aromatic carbocycles. The average Bonchev–Trinajstić information content (AvgIpc) is 2.37. The molecule has 0 aromatic heterocycles. The maximum atomic E-state index is 9.40. The van der Waals surface area contributed by atoms with Gasteiger partial charge >= 0.3 is 23.5 Å². The molecule has 0 atom stereocenters. The van der Waals surface area contributed by atoms with Gasteiger partial charge in [-0.3, -0.25) is 4.99 Å². The number of nitrogens with zero attached hydrogens (tertiary/aromatic N) is 2. The minimum absolute atomic E-state index is 0.0865. The summed E-state index contributed by atoms with van der Waals surface area (Å²) >= 11 is -1.81. The molecule has 0 radical (unpaired) electrons. The van der Waals surface area contributed by atoms with Gasteiger partial charge in [-0.05, 0) is 12.1 Å². The van der Waals surface area contributed by atoms with Crippen LogP contribution in [-0.2, 0) is 23.5 Å². The van der Waals surface area contributed by atoms with E-state index in [-0.39, 0.29) is 12.4 Å². The summed E-state index contributed by atoms with van der Waals surface area (Å²) < 4.78 is 16.9. The van der Waals surface area contributed by atoms with E-state index in [1.807, 2.05) is 6.07 Å². The standard InChI is InChI=1S/C11H15N2O2.2O.V/c14-8-7-12-5-6-13-9-10-3-1-2-4-11(10)15;;;/h1-4,9,14-15H,5-8H2;;;/q-1;;;. The van der Waals surface area contributed by atoms with E-state index in [0.717, 1.165) is 0 Å². The predicted molar refractivity (Wildman–Crippen MR) is 62.1 cm³/mol. The SMILES string of the molecule is OCC[N-]CCN=Cc1ccccc1O.[O]=[V]=[O]. The van der Waals surface area contributed by atoms with Crippen LogP contribution in [0.3, 0.4) is 0 Å². The van der Waals surface area contributed by atoms with Crippen LogP contribution in [-0.4, -0.2) is 42.7 Å². The number of aliphatic hydroxyl groups excluding tert-OH is 1. The maximum absolute atomic E-state index is 9.40. The van der Waals surface area contributed by atoms with Crippen LogP contribution in [0.4, 0.5) is 0 Å². The number of benzene rings is 1. The van der Waals surface area contributed by atoms with Gasteiger partial charge in [0.2, 0.25) is 0 Å². The molecular weight excluding hydrogens is 275 g/mol. The van der Waals surface area contributed by atoms with E-state index < -0.39 is 16.2 Å². The van der Waals surface area contributed by atoms with Gasteiger partial charge < -0.3 is 15.5 Å². The van der Waals surface area contributed by atoms with E-state index in [2.05, 4.69) is 10.3 Å². The van der Waals surface area contributed by atoms with Crippen molar-refractivity contribution in [2.75, 3.05) is 26.2 Å². The summed E-state index contributed by atoms with van der Waals surface area (Å²) in [6.45, 7) is 1.73. The van der Waals surface area contributed by atoms with E-state index >= 15 is 0 Å². The van der Waals surface area contributed by atoms with Crippen molar-refractivity contribution in [2.24, 2.45) is 4.99 Å². The third-order valence-electron chi connectivity index (χ3n) is 1.81. The zero-order chi connectivity index (χ0) is 13.6. The Morgan fingerprint density at radius 3 is 2.56 bits per heavy atom. The number of para-hydroxylation sites is 1.